The van der Waals surface area contributed by atoms with E-state index in [1.54, 1.807) is 24.3 Å². The molecule has 0 saturated heterocycles. The van der Waals surface area contributed by atoms with E-state index in [9.17, 15) is 14.3 Å². The Bertz CT molecular complexity index is 1230. The number of fused-ring (bicyclic) bond motifs is 1. The number of aromatic nitrogens is 1. The Morgan fingerprint density at radius 3 is 2.43 bits per heavy atom. The predicted octanol–water partition coefficient (Wildman–Crippen LogP) is 5.59. The van der Waals surface area contributed by atoms with E-state index in [-0.39, 0.29) is 16.9 Å². The molecular formula is C22H14FIN2O2. The van der Waals surface area contributed by atoms with Crippen LogP contribution in [0.5, 0.6) is 0 Å². The van der Waals surface area contributed by atoms with Gasteiger partial charge in [-0.05, 0) is 52.4 Å². The quantitative estimate of drug-likeness (QED) is 0.372. The number of carboxylic acids is 1. The number of benzene rings is 3. The summed E-state index contributed by atoms with van der Waals surface area (Å²) in [5.41, 5.74) is 8.55. The molecule has 4 nitrogen and oxygen atoms in total. The van der Waals surface area contributed by atoms with Crippen molar-refractivity contribution in [3.63, 3.8) is 0 Å². The molecule has 0 unspecified atom stereocenters. The molecule has 0 aliphatic rings. The van der Waals surface area contributed by atoms with Crippen LogP contribution < -0.4 is 5.73 Å². The third-order valence-corrected chi connectivity index (χ3v) is 5.20. The van der Waals surface area contributed by atoms with Crippen LogP contribution in [0.2, 0.25) is 0 Å². The normalized spacial score (nSPS) is 10.9. The number of anilines is 1. The number of pyridine rings is 1. The Balaban J connectivity index is 1.92. The fraction of sp³-hybridized carbons (Fsp3) is 0. The van der Waals surface area contributed by atoms with Gasteiger partial charge in [0.05, 0.1) is 22.5 Å². The first-order valence-corrected chi connectivity index (χ1v) is 9.51. The van der Waals surface area contributed by atoms with Crippen molar-refractivity contribution < 1.29 is 14.3 Å². The summed E-state index contributed by atoms with van der Waals surface area (Å²) in [6.45, 7) is 0. The summed E-state index contributed by atoms with van der Waals surface area (Å²) in [6, 6.07) is 19.2. The molecule has 0 spiro atoms. The number of aromatic carboxylic acids is 1. The minimum atomic E-state index is -1.14. The second kappa shape index (κ2) is 7.20. The molecule has 0 atom stereocenters. The third-order valence-electron chi connectivity index (χ3n) is 4.53. The van der Waals surface area contributed by atoms with Gasteiger partial charge >= 0.3 is 5.97 Å². The fourth-order valence-corrected chi connectivity index (χ4v) is 3.71. The van der Waals surface area contributed by atoms with E-state index in [1.807, 2.05) is 36.4 Å². The molecule has 0 saturated carbocycles. The first-order valence-electron chi connectivity index (χ1n) is 8.43. The van der Waals surface area contributed by atoms with Crippen molar-refractivity contribution in [1.82, 2.24) is 4.98 Å². The van der Waals surface area contributed by atoms with Crippen LogP contribution in [0.4, 0.5) is 10.1 Å². The van der Waals surface area contributed by atoms with Crippen LogP contribution in [0.1, 0.15) is 10.4 Å². The lowest BCUT2D eigenvalue weighted by atomic mass is 9.98. The van der Waals surface area contributed by atoms with Gasteiger partial charge in [-0.15, -0.1) is 0 Å². The molecule has 0 amide bonds. The molecule has 28 heavy (non-hydrogen) atoms. The monoisotopic (exact) mass is 484 g/mol. The number of carbonyl (C=O) groups is 1. The average molecular weight is 484 g/mol. The number of halogens is 2. The minimum Gasteiger partial charge on any atom is -0.478 e. The van der Waals surface area contributed by atoms with Gasteiger partial charge < -0.3 is 10.8 Å². The summed E-state index contributed by atoms with van der Waals surface area (Å²) in [4.78, 5) is 16.4. The van der Waals surface area contributed by atoms with Crippen molar-refractivity contribution in [1.29, 1.82) is 0 Å². The van der Waals surface area contributed by atoms with Gasteiger partial charge in [0.2, 0.25) is 0 Å². The fourth-order valence-electron chi connectivity index (χ4n) is 3.21. The van der Waals surface area contributed by atoms with Crippen molar-refractivity contribution >= 4 is 45.2 Å². The number of nitrogen functional groups attached to an aromatic ring is 1. The molecule has 0 fully saturated rings. The first kappa shape index (κ1) is 18.4. The van der Waals surface area contributed by atoms with E-state index in [1.165, 1.54) is 6.07 Å². The lowest BCUT2D eigenvalue weighted by Gasteiger charge is -2.13. The summed E-state index contributed by atoms with van der Waals surface area (Å²) in [6.07, 6.45) is 0. The van der Waals surface area contributed by atoms with E-state index < -0.39 is 11.8 Å². The first-order chi connectivity index (χ1) is 13.5. The lowest BCUT2D eigenvalue weighted by molar-refractivity contribution is 0.0700. The maximum Gasteiger partial charge on any atom is 0.338 e. The van der Waals surface area contributed by atoms with Crippen LogP contribution in [-0.2, 0) is 0 Å². The van der Waals surface area contributed by atoms with Crippen LogP contribution >= 0.6 is 22.6 Å². The second-order valence-electron chi connectivity index (χ2n) is 6.28. The summed E-state index contributed by atoms with van der Waals surface area (Å²) < 4.78 is 15.7. The number of nitrogens with zero attached hydrogens (tertiary/aromatic N) is 1. The minimum absolute atomic E-state index is 0.0221. The van der Waals surface area contributed by atoms with Gasteiger partial charge in [-0.25, -0.2) is 14.2 Å². The van der Waals surface area contributed by atoms with Gasteiger partial charge in [-0.1, -0.05) is 42.5 Å². The van der Waals surface area contributed by atoms with Crippen molar-refractivity contribution in [2.24, 2.45) is 0 Å². The molecule has 6 heteroatoms. The summed E-state index contributed by atoms with van der Waals surface area (Å²) >= 11 is 2.10. The summed E-state index contributed by atoms with van der Waals surface area (Å²) in [7, 11) is 0. The zero-order valence-electron chi connectivity index (χ0n) is 14.5. The number of carboxylic acid groups (broad SMARTS) is 1. The standard InChI is InChI=1S/C22H14FIN2O2/c23-17-10-13(6-8-15(17)12-4-2-1-3-5-12)21-20(25)19(22(27)28)16-11-14(24)7-9-18(16)26-21/h1-11H,25H2,(H,27,28). The predicted molar refractivity (Wildman–Crippen MR) is 117 cm³/mol. The Labute approximate surface area is 174 Å². The SMILES string of the molecule is Nc1c(-c2ccc(-c3ccccc3)c(F)c2)nc2ccc(I)cc2c1C(=O)O. The van der Waals surface area contributed by atoms with E-state index in [2.05, 4.69) is 27.6 Å². The highest BCUT2D eigenvalue weighted by molar-refractivity contribution is 14.1. The van der Waals surface area contributed by atoms with Crippen molar-refractivity contribution in [3.8, 4) is 22.4 Å². The lowest BCUT2D eigenvalue weighted by Crippen LogP contribution is -2.07. The van der Waals surface area contributed by atoms with Crippen LogP contribution in [0, 0.1) is 9.39 Å². The van der Waals surface area contributed by atoms with Crippen LogP contribution in [-0.4, -0.2) is 16.1 Å². The Kier molecular flexibility index (Phi) is 4.72. The van der Waals surface area contributed by atoms with Gasteiger partial charge in [0, 0.05) is 20.1 Å². The van der Waals surface area contributed by atoms with Crippen LogP contribution in [0.3, 0.4) is 0 Å². The summed E-state index contributed by atoms with van der Waals surface area (Å²) in [5, 5.41) is 10.1. The van der Waals surface area contributed by atoms with Gasteiger partial charge in [0.1, 0.15) is 5.82 Å². The highest BCUT2D eigenvalue weighted by Gasteiger charge is 2.20. The molecule has 0 aliphatic carbocycles. The highest BCUT2D eigenvalue weighted by atomic mass is 127. The molecule has 3 aromatic carbocycles. The number of rotatable bonds is 3. The van der Waals surface area contributed by atoms with Gasteiger partial charge in [0.15, 0.2) is 0 Å². The molecule has 4 rings (SSSR count). The molecule has 138 valence electrons. The topological polar surface area (TPSA) is 76.2 Å². The maximum absolute atomic E-state index is 14.8. The van der Waals surface area contributed by atoms with Gasteiger partial charge in [-0.2, -0.15) is 0 Å². The van der Waals surface area contributed by atoms with Crippen LogP contribution in [0.25, 0.3) is 33.3 Å². The molecule has 0 radical (unpaired) electrons. The molecule has 1 aromatic heterocycles. The number of nitrogens with two attached hydrogens (primary N) is 1. The van der Waals surface area contributed by atoms with Crippen molar-refractivity contribution in [2.75, 3.05) is 5.73 Å². The Hall–Kier alpha value is -3.00. The van der Waals surface area contributed by atoms with E-state index >= 15 is 0 Å². The second-order valence-corrected chi connectivity index (χ2v) is 7.52. The molecular weight excluding hydrogens is 470 g/mol. The molecule has 4 aromatic rings. The smallest absolute Gasteiger partial charge is 0.338 e. The van der Waals surface area contributed by atoms with E-state index in [0.717, 1.165) is 9.13 Å². The molecule has 1 heterocycles. The highest BCUT2D eigenvalue weighted by Crippen LogP contribution is 2.35. The molecule has 0 aliphatic heterocycles. The molecule has 0 bridgehead atoms. The third kappa shape index (κ3) is 3.20. The average Bonchev–Trinajstić information content (AvgIpc) is 2.67. The number of hydrogen-bond acceptors (Lipinski definition) is 3. The zero-order chi connectivity index (χ0) is 19.8. The van der Waals surface area contributed by atoms with Crippen molar-refractivity contribution in [3.05, 3.63) is 81.7 Å². The van der Waals surface area contributed by atoms with E-state index in [0.29, 0.717) is 22.0 Å². The Morgan fingerprint density at radius 1 is 1.00 bits per heavy atom. The zero-order valence-corrected chi connectivity index (χ0v) is 16.6. The Morgan fingerprint density at radius 2 is 1.75 bits per heavy atom. The van der Waals surface area contributed by atoms with Gasteiger partial charge in [-0.3, -0.25) is 0 Å². The maximum atomic E-state index is 14.8. The van der Waals surface area contributed by atoms with Crippen LogP contribution in [0.15, 0.2) is 66.7 Å². The van der Waals surface area contributed by atoms with Crippen molar-refractivity contribution in [2.45, 2.75) is 0 Å². The largest absolute Gasteiger partial charge is 0.478 e. The van der Waals surface area contributed by atoms with E-state index in [4.69, 9.17) is 5.73 Å². The van der Waals surface area contributed by atoms with Gasteiger partial charge in [0.25, 0.3) is 0 Å². The molecule has 3 N–H and O–H groups in total. The number of hydrogen-bond donors (Lipinski definition) is 2. The summed E-state index contributed by atoms with van der Waals surface area (Å²) in [5.74, 6) is -1.57.